The first-order valence-corrected chi connectivity index (χ1v) is 5.97. The topological polar surface area (TPSA) is 30.2 Å². The van der Waals surface area contributed by atoms with Gasteiger partial charge in [0.1, 0.15) is 10.7 Å². The summed E-state index contributed by atoms with van der Waals surface area (Å²) in [5, 5.41) is 0.837. The molecule has 0 unspecified atom stereocenters. The number of alkyl halides is 3. The number of imidazole rings is 1. The van der Waals surface area contributed by atoms with Gasteiger partial charge in [0.05, 0.1) is 5.69 Å². The molecule has 3 nitrogen and oxygen atoms in total. The zero-order valence-electron chi connectivity index (χ0n) is 9.25. The van der Waals surface area contributed by atoms with E-state index in [4.69, 9.17) is 0 Å². The molecule has 2 aromatic heterocycles. The molecule has 0 saturated heterocycles. The molecule has 0 aliphatic carbocycles. The Labute approximate surface area is 100 Å². The number of thioether (sulfide) groups is 1. The third-order valence-corrected chi connectivity index (χ3v) is 3.24. The molecule has 0 aromatic carbocycles. The van der Waals surface area contributed by atoms with Gasteiger partial charge in [0, 0.05) is 6.20 Å². The Hall–Kier alpha value is -1.24. The minimum Gasteiger partial charge on any atom is -0.278 e. The zero-order valence-corrected chi connectivity index (χ0v) is 10.1. The van der Waals surface area contributed by atoms with Gasteiger partial charge in [-0.25, -0.2) is 9.97 Å². The van der Waals surface area contributed by atoms with Crippen LogP contribution in [0.1, 0.15) is 18.3 Å². The van der Waals surface area contributed by atoms with E-state index < -0.39 is 11.9 Å². The summed E-state index contributed by atoms with van der Waals surface area (Å²) >= 11 is 1.53. The normalized spacial score (nSPS) is 12.3. The van der Waals surface area contributed by atoms with Crippen molar-refractivity contribution in [2.75, 3.05) is 5.75 Å². The van der Waals surface area contributed by atoms with Gasteiger partial charge in [-0.2, -0.15) is 13.2 Å². The Morgan fingerprint density at radius 3 is 2.65 bits per heavy atom. The molecule has 0 bridgehead atoms. The van der Waals surface area contributed by atoms with E-state index in [9.17, 15) is 13.2 Å². The van der Waals surface area contributed by atoms with Gasteiger partial charge in [-0.3, -0.25) is 4.40 Å². The number of aryl methyl sites for hydroxylation is 1. The van der Waals surface area contributed by atoms with Gasteiger partial charge in [0.15, 0.2) is 0 Å². The van der Waals surface area contributed by atoms with Crippen molar-refractivity contribution in [2.24, 2.45) is 0 Å². The van der Waals surface area contributed by atoms with Crippen molar-refractivity contribution < 1.29 is 13.2 Å². The van der Waals surface area contributed by atoms with E-state index in [1.807, 2.05) is 6.92 Å². The van der Waals surface area contributed by atoms with E-state index in [2.05, 4.69) is 9.97 Å². The average Bonchev–Trinajstić information content (AvgIpc) is 2.54. The lowest BCUT2D eigenvalue weighted by Gasteiger charge is -2.05. The van der Waals surface area contributed by atoms with Crippen molar-refractivity contribution in [3.63, 3.8) is 0 Å². The van der Waals surface area contributed by atoms with Crippen LogP contribution in [0.5, 0.6) is 0 Å². The Bertz CT molecular complexity index is 547. The predicted octanol–water partition coefficient (Wildman–Crippen LogP) is 3.17. The first kappa shape index (κ1) is 12.2. The van der Waals surface area contributed by atoms with Crippen LogP contribution in [-0.4, -0.2) is 20.1 Å². The number of hydrogen-bond acceptors (Lipinski definition) is 3. The molecule has 0 radical (unpaired) electrons. The van der Waals surface area contributed by atoms with Crippen molar-refractivity contribution in [1.29, 1.82) is 0 Å². The molecule has 0 atom stereocenters. The Morgan fingerprint density at radius 2 is 2.06 bits per heavy atom. The van der Waals surface area contributed by atoms with Crippen molar-refractivity contribution >= 4 is 17.5 Å². The standard InChI is InChI=1S/C10H10F3N3S/c1-3-17-8-6(2)14-9-15-7(10(11,12)13)4-5-16(8)9/h4-5H,3H2,1-2H3. The van der Waals surface area contributed by atoms with Crippen molar-refractivity contribution in [1.82, 2.24) is 14.4 Å². The minimum atomic E-state index is -4.43. The number of halogens is 3. The van der Waals surface area contributed by atoms with Gasteiger partial charge < -0.3 is 0 Å². The molecule has 0 spiro atoms. The van der Waals surface area contributed by atoms with Crippen LogP contribution < -0.4 is 0 Å². The SMILES string of the molecule is CCSc1c(C)nc2nc(C(F)(F)F)ccn12. The second kappa shape index (κ2) is 4.21. The van der Waals surface area contributed by atoms with E-state index in [0.29, 0.717) is 5.69 Å². The number of hydrogen-bond donors (Lipinski definition) is 0. The van der Waals surface area contributed by atoms with Gasteiger partial charge in [-0.1, -0.05) is 6.92 Å². The van der Waals surface area contributed by atoms with Gasteiger partial charge >= 0.3 is 6.18 Å². The third kappa shape index (κ3) is 2.24. The lowest BCUT2D eigenvalue weighted by Crippen LogP contribution is -2.09. The van der Waals surface area contributed by atoms with Gasteiger partial charge in [-0.05, 0) is 18.7 Å². The molecular weight excluding hydrogens is 251 g/mol. The van der Waals surface area contributed by atoms with Crippen LogP contribution in [0, 0.1) is 6.92 Å². The Kier molecular flexibility index (Phi) is 3.03. The van der Waals surface area contributed by atoms with Crippen LogP contribution in [0.2, 0.25) is 0 Å². The summed E-state index contributed by atoms with van der Waals surface area (Å²) in [5.41, 5.74) is -0.216. The molecule has 2 heterocycles. The summed E-state index contributed by atoms with van der Waals surface area (Å²) in [5.74, 6) is 0.920. The second-order valence-corrected chi connectivity index (χ2v) is 4.67. The number of aromatic nitrogens is 3. The highest BCUT2D eigenvalue weighted by Crippen LogP contribution is 2.29. The average molecular weight is 261 g/mol. The van der Waals surface area contributed by atoms with Crippen LogP contribution in [-0.2, 0) is 6.18 Å². The maximum atomic E-state index is 12.5. The number of rotatable bonds is 2. The predicted molar refractivity (Wildman–Crippen MR) is 59.1 cm³/mol. The molecule has 0 aliphatic heterocycles. The van der Waals surface area contributed by atoms with Crippen molar-refractivity contribution in [3.05, 3.63) is 23.7 Å². The minimum absolute atomic E-state index is 0.0910. The largest absolute Gasteiger partial charge is 0.433 e. The van der Waals surface area contributed by atoms with Crippen LogP contribution in [0.15, 0.2) is 17.3 Å². The fourth-order valence-electron chi connectivity index (χ4n) is 1.49. The summed E-state index contributed by atoms with van der Waals surface area (Å²) in [6.45, 7) is 3.74. The Morgan fingerprint density at radius 1 is 1.35 bits per heavy atom. The van der Waals surface area contributed by atoms with Gasteiger partial charge in [0.2, 0.25) is 5.78 Å². The zero-order chi connectivity index (χ0) is 12.6. The Balaban J connectivity index is 2.58. The molecule has 0 aliphatic rings. The molecule has 17 heavy (non-hydrogen) atoms. The summed E-state index contributed by atoms with van der Waals surface area (Å²) in [6, 6.07) is 0.966. The van der Waals surface area contributed by atoms with Crippen molar-refractivity contribution in [3.8, 4) is 0 Å². The van der Waals surface area contributed by atoms with E-state index in [1.54, 1.807) is 11.3 Å². The fraction of sp³-hybridized carbons (Fsp3) is 0.400. The summed E-state index contributed by atoms with van der Waals surface area (Å²) in [4.78, 5) is 7.56. The first-order chi connectivity index (χ1) is 7.93. The quantitative estimate of drug-likeness (QED) is 0.778. The second-order valence-electron chi connectivity index (χ2n) is 3.42. The van der Waals surface area contributed by atoms with Gasteiger partial charge in [0.25, 0.3) is 0 Å². The number of fused-ring (bicyclic) bond motifs is 1. The molecule has 92 valence electrons. The molecule has 2 rings (SSSR count). The van der Waals surface area contributed by atoms with E-state index in [-0.39, 0.29) is 5.78 Å². The van der Waals surface area contributed by atoms with Crippen LogP contribution in [0.3, 0.4) is 0 Å². The van der Waals surface area contributed by atoms with Crippen LogP contribution in [0.25, 0.3) is 5.78 Å². The lowest BCUT2D eigenvalue weighted by atomic mass is 10.4. The third-order valence-electron chi connectivity index (χ3n) is 2.18. The smallest absolute Gasteiger partial charge is 0.278 e. The highest BCUT2D eigenvalue weighted by Gasteiger charge is 2.33. The first-order valence-electron chi connectivity index (χ1n) is 4.99. The fourth-order valence-corrected chi connectivity index (χ4v) is 2.30. The van der Waals surface area contributed by atoms with Gasteiger partial charge in [-0.15, -0.1) is 11.8 Å². The summed E-state index contributed by atoms with van der Waals surface area (Å²) in [7, 11) is 0. The summed E-state index contributed by atoms with van der Waals surface area (Å²) < 4.78 is 39.0. The van der Waals surface area contributed by atoms with E-state index in [0.717, 1.165) is 16.8 Å². The number of nitrogens with zero attached hydrogens (tertiary/aromatic N) is 3. The highest BCUT2D eigenvalue weighted by molar-refractivity contribution is 7.99. The van der Waals surface area contributed by atoms with Crippen LogP contribution >= 0.6 is 11.8 Å². The van der Waals surface area contributed by atoms with Crippen LogP contribution in [0.4, 0.5) is 13.2 Å². The van der Waals surface area contributed by atoms with E-state index >= 15 is 0 Å². The molecular formula is C10H10F3N3S. The monoisotopic (exact) mass is 261 g/mol. The molecule has 0 N–H and O–H groups in total. The maximum Gasteiger partial charge on any atom is 0.433 e. The molecule has 2 aromatic rings. The molecule has 7 heteroatoms. The maximum absolute atomic E-state index is 12.5. The van der Waals surface area contributed by atoms with Crippen molar-refractivity contribution in [2.45, 2.75) is 25.0 Å². The molecule has 0 saturated carbocycles. The highest BCUT2D eigenvalue weighted by atomic mass is 32.2. The molecule has 0 amide bonds. The lowest BCUT2D eigenvalue weighted by molar-refractivity contribution is -0.141. The summed E-state index contributed by atoms with van der Waals surface area (Å²) in [6.07, 6.45) is -3.07. The van der Waals surface area contributed by atoms with E-state index in [1.165, 1.54) is 18.0 Å². The molecule has 0 fully saturated rings.